The lowest BCUT2D eigenvalue weighted by Crippen LogP contribution is -2.31. The molecule has 0 aliphatic carbocycles. The monoisotopic (exact) mass is 119 g/mol. The summed E-state index contributed by atoms with van der Waals surface area (Å²) >= 11 is 0. The first-order valence-corrected chi connectivity index (χ1v) is 2.74. The number of nitrogens with zero attached hydrogens (tertiary/aromatic N) is 2. The van der Waals surface area contributed by atoms with Crippen LogP contribution in [0, 0.1) is 11.3 Å². The number of aromatic nitrogens is 1. The van der Waals surface area contributed by atoms with Gasteiger partial charge in [0.2, 0.25) is 6.54 Å². The minimum atomic E-state index is 0.431. The molecule has 0 unspecified atom stereocenters. The number of hydrogen-bond donors (Lipinski definition) is 0. The van der Waals surface area contributed by atoms with Crippen LogP contribution in [-0.2, 0) is 6.54 Å². The van der Waals surface area contributed by atoms with Gasteiger partial charge in [0.25, 0.3) is 0 Å². The van der Waals surface area contributed by atoms with E-state index in [0.29, 0.717) is 6.54 Å². The van der Waals surface area contributed by atoms with Crippen molar-refractivity contribution >= 4 is 0 Å². The van der Waals surface area contributed by atoms with E-state index in [9.17, 15) is 0 Å². The first-order valence-electron chi connectivity index (χ1n) is 2.74. The predicted octanol–water partition coefficient (Wildman–Crippen LogP) is 0.498. The van der Waals surface area contributed by atoms with Crippen LogP contribution in [-0.4, -0.2) is 0 Å². The van der Waals surface area contributed by atoms with Gasteiger partial charge in [0.15, 0.2) is 12.4 Å². The fourth-order valence-electron chi connectivity index (χ4n) is 0.621. The molecule has 2 heteroatoms. The summed E-state index contributed by atoms with van der Waals surface area (Å²) < 4.78 is 1.82. The minimum Gasteiger partial charge on any atom is -0.191 e. The normalized spacial score (nSPS) is 8.33. The average molecular weight is 119 g/mol. The first-order chi connectivity index (χ1) is 4.43. The van der Waals surface area contributed by atoms with E-state index in [2.05, 4.69) is 0 Å². The van der Waals surface area contributed by atoms with Crippen molar-refractivity contribution in [2.75, 3.05) is 0 Å². The number of hydrogen-bond acceptors (Lipinski definition) is 1. The molecular weight excluding hydrogens is 112 g/mol. The summed E-state index contributed by atoms with van der Waals surface area (Å²) in [4.78, 5) is 0. The summed E-state index contributed by atoms with van der Waals surface area (Å²) in [6.07, 6.45) is 3.73. The van der Waals surface area contributed by atoms with E-state index >= 15 is 0 Å². The zero-order valence-corrected chi connectivity index (χ0v) is 4.99. The topological polar surface area (TPSA) is 27.7 Å². The van der Waals surface area contributed by atoms with Gasteiger partial charge in [0.05, 0.1) is 0 Å². The van der Waals surface area contributed by atoms with Crippen molar-refractivity contribution in [1.29, 1.82) is 5.26 Å². The molecule has 0 N–H and O–H groups in total. The highest BCUT2D eigenvalue weighted by Gasteiger charge is 1.90. The Kier molecular flexibility index (Phi) is 1.81. The van der Waals surface area contributed by atoms with Gasteiger partial charge in [-0.25, -0.2) is 0 Å². The Morgan fingerprint density at radius 2 is 1.89 bits per heavy atom. The maximum Gasteiger partial charge on any atom is 0.233 e. The lowest BCUT2D eigenvalue weighted by molar-refractivity contribution is -0.685. The van der Waals surface area contributed by atoms with Gasteiger partial charge in [-0.05, 0) is 0 Å². The summed E-state index contributed by atoms with van der Waals surface area (Å²) in [5.41, 5.74) is 0. The molecule has 1 rings (SSSR count). The Morgan fingerprint density at radius 3 is 2.44 bits per heavy atom. The maximum atomic E-state index is 8.25. The highest BCUT2D eigenvalue weighted by Crippen LogP contribution is 1.74. The third kappa shape index (κ3) is 1.54. The molecule has 0 saturated heterocycles. The van der Waals surface area contributed by atoms with E-state index in [-0.39, 0.29) is 0 Å². The van der Waals surface area contributed by atoms with Gasteiger partial charge in [-0.3, -0.25) is 0 Å². The molecule has 1 heterocycles. The van der Waals surface area contributed by atoms with Crippen LogP contribution in [0.15, 0.2) is 30.6 Å². The van der Waals surface area contributed by atoms with Crippen molar-refractivity contribution < 1.29 is 4.57 Å². The molecule has 0 bridgehead atoms. The van der Waals surface area contributed by atoms with Gasteiger partial charge >= 0.3 is 0 Å². The molecule has 9 heavy (non-hydrogen) atoms. The smallest absolute Gasteiger partial charge is 0.191 e. The highest BCUT2D eigenvalue weighted by molar-refractivity contribution is 4.84. The molecule has 44 valence electrons. The molecule has 1 aromatic rings. The fraction of sp³-hybridized carbons (Fsp3) is 0.143. The van der Waals surface area contributed by atoms with Crippen molar-refractivity contribution in [3.8, 4) is 6.07 Å². The Labute approximate surface area is 54.0 Å². The van der Waals surface area contributed by atoms with Gasteiger partial charge in [-0.1, -0.05) is 6.07 Å². The molecule has 0 aromatic carbocycles. The van der Waals surface area contributed by atoms with Crippen LogP contribution in [0.3, 0.4) is 0 Å². The summed E-state index contributed by atoms with van der Waals surface area (Å²) in [5, 5.41) is 8.25. The summed E-state index contributed by atoms with van der Waals surface area (Å²) in [6.45, 7) is 0.431. The molecular formula is C7H7N2+. The lowest BCUT2D eigenvalue weighted by atomic mass is 10.5. The molecule has 0 amide bonds. The lowest BCUT2D eigenvalue weighted by Gasteiger charge is -1.83. The SMILES string of the molecule is N#CC[n+]1ccccc1. The van der Waals surface area contributed by atoms with Crippen molar-refractivity contribution in [3.63, 3.8) is 0 Å². The van der Waals surface area contributed by atoms with E-state index in [1.807, 2.05) is 41.2 Å². The summed E-state index contributed by atoms with van der Waals surface area (Å²) in [5.74, 6) is 0. The van der Waals surface area contributed by atoms with E-state index < -0.39 is 0 Å². The second-order valence-electron chi connectivity index (χ2n) is 1.71. The van der Waals surface area contributed by atoms with Crippen molar-refractivity contribution in [2.45, 2.75) is 6.54 Å². The molecule has 1 aromatic heterocycles. The van der Waals surface area contributed by atoms with Crippen LogP contribution in [0.1, 0.15) is 0 Å². The van der Waals surface area contributed by atoms with Crippen molar-refractivity contribution in [3.05, 3.63) is 30.6 Å². The fourth-order valence-corrected chi connectivity index (χ4v) is 0.621. The molecule has 0 fully saturated rings. The standard InChI is InChI=1S/C7H7N2/c8-4-7-9-5-2-1-3-6-9/h1-3,5-6H,7H2/q+1. The van der Waals surface area contributed by atoms with Crippen molar-refractivity contribution in [1.82, 2.24) is 0 Å². The number of nitriles is 1. The second kappa shape index (κ2) is 2.83. The third-order valence-electron chi connectivity index (χ3n) is 1.03. The summed E-state index contributed by atoms with van der Waals surface area (Å²) in [6, 6.07) is 7.77. The van der Waals surface area contributed by atoms with E-state index in [0.717, 1.165) is 0 Å². The highest BCUT2D eigenvalue weighted by atomic mass is 14.9. The molecule has 0 saturated carbocycles. The molecule has 0 radical (unpaired) electrons. The van der Waals surface area contributed by atoms with Crippen LogP contribution in [0.5, 0.6) is 0 Å². The molecule has 0 spiro atoms. The summed E-state index contributed by atoms with van der Waals surface area (Å²) in [7, 11) is 0. The zero-order chi connectivity index (χ0) is 6.53. The first kappa shape index (κ1) is 5.77. The number of pyridine rings is 1. The zero-order valence-electron chi connectivity index (χ0n) is 4.99. The van der Waals surface area contributed by atoms with Gasteiger partial charge in [0, 0.05) is 12.1 Å². The van der Waals surface area contributed by atoms with Crippen LogP contribution >= 0.6 is 0 Å². The van der Waals surface area contributed by atoms with Gasteiger partial charge in [-0.2, -0.15) is 9.83 Å². The van der Waals surface area contributed by atoms with Gasteiger partial charge in [-0.15, -0.1) is 0 Å². The van der Waals surface area contributed by atoms with E-state index in [1.165, 1.54) is 0 Å². The van der Waals surface area contributed by atoms with Crippen LogP contribution in [0.2, 0.25) is 0 Å². The quantitative estimate of drug-likeness (QED) is 0.494. The van der Waals surface area contributed by atoms with Crippen molar-refractivity contribution in [2.24, 2.45) is 0 Å². The molecule has 0 aliphatic rings. The molecule has 0 aliphatic heterocycles. The van der Waals surface area contributed by atoms with Gasteiger partial charge < -0.3 is 0 Å². The van der Waals surface area contributed by atoms with Crippen LogP contribution in [0.25, 0.3) is 0 Å². The second-order valence-corrected chi connectivity index (χ2v) is 1.71. The van der Waals surface area contributed by atoms with E-state index in [4.69, 9.17) is 5.26 Å². The Hall–Kier alpha value is -1.36. The Balaban J connectivity index is 2.76. The number of rotatable bonds is 1. The molecule has 2 nitrogen and oxygen atoms in total. The average Bonchev–Trinajstić information content (AvgIpc) is 1.91. The molecule has 0 atom stereocenters. The maximum absolute atomic E-state index is 8.25. The van der Waals surface area contributed by atoms with E-state index in [1.54, 1.807) is 0 Å². The Bertz CT molecular complexity index is 210. The van der Waals surface area contributed by atoms with Gasteiger partial charge in [0.1, 0.15) is 6.07 Å². The minimum absolute atomic E-state index is 0.431. The van der Waals surface area contributed by atoms with Crippen LogP contribution < -0.4 is 4.57 Å². The Morgan fingerprint density at radius 1 is 1.22 bits per heavy atom. The largest absolute Gasteiger partial charge is 0.233 e. The predicted molar refractivity (Wildman–Crippen MR) is 32.2 cm³/mol. The third-order valence-corrected chi connectivity index (χ3v) is 1.03. The van der Waals surface area contributed by atoms with Crippen LogP contribution in [0.4, 0.5) is 0 Å².